The summed E-state index contributed by atoms with van der Waals surface area (Å²) in [6.07, 6.45) is 1.36. The van der Waals surface area contributed by atoms with Gasteiger partial charge < -0.3 is 13.8 Å². The molecule has 0 saturated carbocycles. The summed E-state index contributed by atoms with van der Waals surface area (Å²) in [7, 11) is -3.90. The molecule has 0 radical (unpaired) electrons. The van der Waals surface area contributed by atoms with Crippen molar-refractivity contribution in [3.63, 3.8) is 0 Å². The van der Waals surface area contributed by atoms with E-state index in [-0.39, 0.29) is 12.5 Å². The zero-order valence-electron chi connectivity index (χ0n) is 12.8. The van der Waals surface area contributed by atoms with E-state index in [1.807, 2.05) is 19.1 Å². The van der Waals surface area contributed by atoms with Crippen molar-refractivity contribution in [3.8, 4) is 11.5 Å². The molecule has 2 aromatic carbocycles. The summed E-state index contributed by atoms with van der Waals surface area (Å²) in [5, 5.41) is 0. The Bertz CT molecular complexity index is 599. The second kappa shape index (κ2) is 8.51. The number of carbonyl (C=O) groups is 1. The molecule has 1 atom stereocenters. The first-order valence-corrected chi connectivity index (χ1v) is 8.80. The van der Waals surface area contributed by atoms with Crippen molar-refractivity contribution in [1.82, 2.24) is 0 Å². The molecule has 0 aromatic heterocycles. The Morgan fingerprint density at radius 3 is 1.83 bits per heavy atom. The fourth-order valence-electron chi connectivity index (χ4n) is 1.73. The third-order valence-corrected chi connectivity index (χ3v) is 4.42. The van der Waals surface area contributed by atoms with Crippen LogP contribution < -0.4 is 9.05 Å². The number of phosphoric ester groups is 1. The summed E-state index contributed by atoms with van der Waals surface area (Å²) >= 11 is 0. The fraction of sp³-hybridized carbons (Fsp3) is 0.235. The van der Waals surface area contributed by atoms with E-state index in [0.29, 0.717) is 17.9 Å². The lowest BCUT2D eigenvalue weighted by molar-refractivity contribution is -0.112. The quantitative estimate of drug-likeness (QED) is 0.499. The van der Waals surface area contributed by atoms with Crippen LogP contribution in [0.4, 0.5) is 0 Å². The maximum Gasteiger partial charge on any atom is 0.587 e. The predicted octanol–water partition coefficient (Wildman–Crippen LogP) is 4.49. The molecule has 0 saturated heterocycles. The van der Waals surface area contributed by atoms with Gasteiger partial charge in [0.2, 0.25) is 0 Å². The van der Waals surface area contributed by atoms with Gasteiger partial charge in [-0.1, -0.05) is 43.3 Å². The van der Waals surface area contributed by atoms with Crippen LogP contribution in [0.25, 0.3) is 0 Å². The minimum atomic E-state index is -3.90. The van der Waals surface area contributed by atoms with E-state index in [4.69, 9.17) is 13.6 Å². The summed E-state index contributed by atoms with van der Waals surface area (Å²) in [5.41, 5.74) is 0. The van der Waals surface area contributed by atoms with Crippen molar-refractivity contribution in [2.24, 2.45) is 5.92 Å². The van der Waals surface area contributed by atoms with Gasteiger partial charge in [-0.3, -0.25) is 4.52 Å². The molecule has 2 rings (SSSR count). The van der Waals surface area contributed by atoms with Crippen molar-refractivity contribution >= 4 is 14.1 Å². The Morgan fingerprint density at radius 1 is 0.957 bits per heavy atom. The summed E-state index contributed by atoms with van der Waals surface area (Å²) in [6.45, 7) is 1.82. The van der Waals surface area contributed by atoms with Gasteiger partial charge in [0.15, 0.2) is 0 Å². The number of carbonyl (C=O) groups excluding carboxylic acids is 1. The van der Waals surface area contributed by atoms with Crippen molar-refractivity contribution in [2.75, 3.05) is 6.61 Å². The van der Waals surface area contributed by atoms with Crippen LogP contribution in [0.5, 0.6) is 11.5 Å². The summed E-state index contributed by atoms with van der Waals surface area (Å²) in [5.74, 6) is 0.374. The highest BCUT2D eigenvalue weighted by molar-refractivity contribution is 7.49. The van der Waals surface area contributed by atoms with E-state index >= 15 is 0 Å². The topological polar surface area (TPSA) is 61.8 Å². The molecule has 0 fully saturated rings. The predicted molar refractivity (Wildman–Crippen MR) is 87.5 cm³/mol. The first-order valence-electron chi connectivity index (χ1n) is 7.34. The molecule has 2 aromatic rings. The van der Waals surface area contributed by atoms with Gasteiger partial charge in [-0.05, 0) is 30.7 Å². The molecule has 0 amide bonds. The maximum absolute atomic E-state index is 12.9. The third kappa shape index (κ3) is 5.55. The van der Waals surface area contributed by atoms with Crippen molar-refractivity contribution in [2.45, 2.75) is 13.3 Å². The molecular formula is C17H19O5P. The third-order valence-electron chi connectivity index (χ3n) is 3.08. The smallest absolute Gasteiger partial charge is 0.395 e. The number of phosphoric acid groups is 1. The molecule has 0 bridgehead atoms. The Hall–Kier alpha value is -2.10. The molecule has 23 heavy (non-hydrogen) atoms. The molecule has 0 aliphatic heterocycles. The van der Waals surface area contributed by atoms with Gasteiger partial charge in [-0.25, -0.2) is 4.57 Å². The molecule has 0 aliphatic carbocycles. The Labute approximate surface area is 135 Å². The highest BCUT2D eigenvalue weighted by Crippen LogP contribution is 2.49. The van der Waals surface area contributed by atoms with E-state index in [2.05, 4.69) is 0 Å². The van der Waals surface area contributed by atoms with E-state index in [1.54, 1.807) is 48.5 Å². The van der Waals surface area contributed by atoms with Gasteiger partial charge in [-0.15, -0.1) is 0 Å². The summed E-state index contributed by atoms with van der Waals surface area (Å²) in [4.78, 5) is 10.9. The van der Waals surface area contributed by atoms with Crippen molar-refractivity contribution in [3.05, 3.63) is 60.7 Å². The van der Waals surface area contributed by atoms with Crippen LogP contribution in [0.1, 0.15) is 13.3 Å². The molecule has 6 heteroatoms. The van der Waals surface area contributed by atoms with Gasteiger partial charge in [0, 0.05) is 5.92 Å². The van der Waals surface area contributed by atoms with Crippen molar-refractivity contribution < 1.29 is 22.9 Å². The average Bonchev–Trinajstić information content (AvgIpc) is 2.57. The van der Waals surface area contributed by atoms with Crippen LogP contribution >= 0.6 is 7.82 Å². The molecular weight excluding hydrogens is 315 g/mol. The number of para-hydroxylation sites is 2. The zero-order valence-corrected chi connectivity index (χ0v) is 13.7. The first kappa shape index (κ1) is 17.3. The van der Waals surface area contributed by atoms with Gasteiger partial charge >= 0.3 is 7.82 Å². The second-order valence-corrected chi connectivity index (χ2v) is 6.37. The first-order chi connectivity index (χ1) is 11.1. The largest absolute Gasteiger partial charge is 0.587 e. The van der Waals surface area contributed by atoms with Crippen LogP contribution in [0.2, 0.25) is 0 Å². The molecule has 122 valence electrons. The Balaban J connectivity index is 2.15. The number of rotatable bonds is 9. The molecule has 0 aliphatic rings. The minimum absolute atomic E-state index is 0.0308. The highest BCUT2D eigenvalue weighted by atomic mass is 31.2. The minimum Gasteiger partial charge on any atom is -0.395 e. The lowest BCUT2D eigenvalue weighted by Crippen LogP contribution is -2.13. The lowest BCUT2D eigenvalue weighted by atomic mass is 10.1. The van der Waals surface area contributed by atoms with E-state index in [0.717, 1.165) is 6.29 Å². The van der Waals surface area contributed by atoms with Crippen LogP contribution in [0, 0.1) is 5.92 Å². The molecule has 5 nitrogen and oxygen atoms in total. The number of hydrogen-bond donors (Lipinski definition) is 0. The standard InChI is InChI=1S/C17H19O5P/c1-2-15(13-18)14-20-23(19,21-16-9-5-3-6-10-16)22-17-11-7-4-8-12-17/h3-13,15H,2,14H2,1H3. The van der Waals surface area contributed by atoms with Gasteiger partial charge in [0.05, 0.1) is 6.61 Å². The van der Waals surface area contributed by atoms with E-state index < -0.39 is 7.82 Å². The van der Waals surface area contributed by atoms with Crippen LogP contribution in [-0.2, 0) is 13.9 Å². The molecule has 0 heterocycles. The maximum atomic E-state index is 12.9. The van der Waals surface area contributed by atoms with Crippen molar-refractivity contribution in [1.29, 1.82) is 0 Å². The normalized spacial score (nSPS) is 12.4. The number of hydrogen-bond acceptors (Lipinski definition) is 5. The summed E-state index contributed by atoms with van der Waals surface area (Å²) in [6, 6.07) is 17.3. The lowest BCUT2D eigenvalue weighted by Gasteiger charge is -2.20. The van der Waals surface area contributed by atoms with Crippen LogP contribution in [0.3, 0.4) is 0 Å². The molecule has 1 unspecified atom stereocenters. The summed E-state index contributed by atoms with van der Waals surface area (Å²) < 4.78 is 29.1. The van der Waals surface area contributed by atoms with E-state index in [9.17, 15) is 9.36 Å². The number of benzene rings is 2. The number of aldehydes is 1. The van der Waals surface area contributed by atoms with Gasteiger partial charge in [-0.2, -0.15) is 0 Å². The highest BCUT2D eigenvalue weighted by Gasteiger charge is 2.31. The Morgan fingerprint density at radius 2 is 1.43 bits per heavy atom. The van der Waals surface area contributed by atoms with E-state index in [1.165, 1.54) is 0 Å². The average molecular weight is 334 g/mol. The van der Waals surface area contributed by atoms with Crippen LogP contribution in [-0.4, -0.2) is 12.9 Å². The fourth-order valence-corrected chi connectivity index (χ4v) is 3.01. The molecule has 0 spiro atoms. The zero-order chi connectivity index (χ0) is 16.5. The van der Waals surface area contributed by atoms with Gasteiger partial charge in [0.1, 0.15) is 17.8 Å². The van der Waals surface area contributed by atoms with Gasteiger partial charge in [0.25, 0.3) is 0 Å². The Kier molecular flexibility index (Phi) is 6.39. The monoisotopic (exact) mass is 334 g/mol. The second-order valence-electron chi connectivity index (χ2n) is 4.86. The SMILES string of the molecule is CCC(C=O)COP(=O)(Oc1ccccc1)Oc1ccccc1. The molecule has 0 N–H and O–H groups in total. The van der Waals surface area contributed by atoms with Crippen LogP contribution in [0.15, 0.2) is 60.7 Å².